The average molecular weight is 216 g/mol. The van der Waals surface area contributed by atoms with Gasteiger partial charge in [-0.05, 0) is 24.7 Å². The fraction of sp³-hybridized carbons (Fsp3) is 1.00. The van der Waals surface area contributed by atoms with Gasteiger partial charge in [0.05, 0.1) is 0 Å². The van der Waals surface area contributed by atoms with E-state index in [0.29, 0.717) is 12.8 Å². The van der Waals surface area contributed by atoms with Crippen LogP contribution < -0.4 is 0 Å². The molecule has 1 N–H and O–H groups in total. The highest BCUT2D eigenvalue weighted by Crippen LogP contribution is 2.52. The summed E-state index contributed by atoms with van der Waals surface area (Å²) in [6, 6.07) is -1.87. The topological polar surface area (TPSA) is 108 Å². The summed E-state index contributed by atoms with van der Waals surface area (Å²) in [6.07, 6.45) is 1.34. The van der Waals surface area contributed by atoms with Crippen molar-refractivity contribution in [1.82, 2.24) is 15.7 Å². The molecule has 2 bridgehead atoms. The molecule has 3 aliphatic rings. The summed E-state index contributed by atoms with van der Waals surface area (Å²) in [5, 5.41) is 42.9. The van der Waals surface area contributed by atoms with Gasteiger partial charge in [0.2, 0.25) is 0 Å². The lowest BCUT2D eigenvalue weighted by Gasteiger charge is -2.36. The molecule has 15 heavy (non-hydrogen) atoms. The molecule has 2 aliphatic carbocycles. The Labute approximate surface area is 85.2 Å². The van der Waals surface area contributed by atoms with Crippen molar-refractivity contribution in [2.75, 3.05) is 0 Å². The minimum atomic E-state index is -0.642. The van der Waals surface area contributed by atoms with Gasteiger partial charge in [-0.15, -0.1) is 0 Å². The van der Waals surface area contributed by atoms with Crippen molar-refractivity contribution in [3.8, 4) is 0 Å². The summed E-state index contributed by atoms with van der Waals surface area (Å²) in [5.41, 5.74) is 0. The number of hydroxylamine groups is 6. The highest BCUT2D eigenvalue weighted by Gasteiger charge is 2.59. The molecule has 0 radical (unpaired) electrons. The first-order chi connectivity index (χ1) is 7.11. The maximum Gasteiger partial charge on any atom is 0.0453 e. The molecule has 0 aromatic carbocycles. The Morgan fingerprint density at radius 1 is 1.13 bits per heavy atom. The molecule has 0 amide bonds. The zero-order valence-electron chi connectivity index (χ0n) is 7.72. The molecular formula is C7H10N3O5-3. The van der Waals surface area contributed by atoms with Crippen LogP contribution in [0.15, 0.2) is 0 Å². The Morgan fingerprint density at radius 2 is 1.60 bits per heavy atom. The van der Waals surface area contributed by atoms with Gasteiger partial charge in [0.15, 0.2) is 0 Å². The Bertz CT molecular complexity index is 255. The summed E-state index contributed by atoms with van der Waals surface area (Å²) in [6.45, 7) is 0. The minimum absolute atomic E-state index is 0.109. The molecule has 0 spiro atoms. The third kappa shape index (κ3) is 1.13. The molecule has 1 saturated heterocycles. The lowest BCUT2D eigenvalue weighted by Crippen LogP contribution is -2.39. The lowest BCUT2D eigenvalue weighted by molar-refractivity contribution is -0.247. The molecule has 1 heterocycles. The van der Waals surface area contributed by atoms with Crippen molar-refractivity contribution < 1.29 is 10.1 Å². The molecule has 0 aromatic heterocycles. The molecule has 4 atom stereocenters. The third-order valence-electron chi connectivity index (χ3n) is 3.84. The standard InChI is InChI=1S/C7H10N3O5/c11-8(12)5-3-1-2-4(5)7-6(3)9(13)15-10(7)14/h3-7,11H,1-2H2/q-3. The molecule has 8 heteroatoms. The summed E-state index contributed by atoms with van der Waals surface area (Å²) in [5.74, 6) is -0.558. The number of rotatable bonds is 1. The molecule has 0 aromatic rings. The summed E-state index contributed by atoms with van der Waals surface area (Å²) < 4.78 is 0. The van der Waals surface area contributed by atoms with E-state index in [4.69, 9.17) is 5.21 Å². The highest BCUT2D eigenvalue weighted by atomic mass is 17.1. The maximum absolute atomic E-state index is 11.3. The van der Waals surface area contributed by atoms with Crippen LogP contribution >= 0.6 is 0 Å². The molecular weight excluding hydrogens is 206 g/mol. The van der Waals surface area contributed by atoms with E-state index in [1.165, 1.54) is 0 Å². The molecule has 4 unspecified atom stereocenters. The van der Waals surface area contributed by atoms with Crippen molar-refractivity contribution in [2.24, 2.45) is 11.8 Å². The first-order valence-corrected chi connectivity index (χ1v) is 4.87. The van der Waals surface area contributed by atoms with E-state index < -0.39 is 18.1 Å². The molecule has 2 saturated carbocycles. The Hall–Kier alpha value is -0.320. The quantitative estimate of drug-likeness (QED) is 0.599. The van der Waals surface area contributed by atoms with Gasteiger partial charge >= 0.3 is 0 Å². The van der Waals surface area contributed by atoms with Gasteiger partial charge in [-0.25, -0.2) is 15.4 Å². The van der Waals surface area contributed by atoms with Gasteiger partial charge in [-0.1, -0.05) is 0 Å². The molecule has 8 nitrogen and oxygen atoms in total. The van der Waals surface area contributed by atoms with E-state index in [-0.39, 0.29) is 27.5 Å². The zero-order valence-corrected chi connectivity index (χ0v) is 7.72. The maximum atomic E-state index is 11.3. The van der Waals surface area contributed by atoms with E-state index in [2.05, 4.69) is 4.94 Å². The van der Waals surface area contributed by atoms with Crippen LogP contribution in [-0.2, 0) is 4.94 Å². The van der Waals surface area contributed by atoms with Crippen LogP contribution in [0.25, 0.3) is 0 Å². The third-order valence-corrected chi connectivity index (χ3v) is 3.84. The van der Waals surface area contributed by atoms with Crippen molar-refractivity contribution in [2.45, 2.75) is 31.0 Å². The van der Waals surface area contributed by atoms with Crippen molar-refractivity contribution in [3.63, 3.8) is 0 Å². The van der Waals surface area contributed by atoms with Crippen LogP contribution in [0.4, 0.5) is 0 Å². The molecule has 1 aliphatic heterocycles. The van der Waals surface area contributed by atoms with E-state index in [1.807, 2.05) is 0 Å². The second-order valence-electron chi connectivity index (χ2n) is 4.33. The lowest BCUT2D eigenvalue weighted by atomic mass is 9.91. The summed E-state index contributed by atoms with van der Waals surface area (Å²) in [7, 11) is 0. The van der Waals surface area contributed by atoms with E-state index in [0.717, 1.165) is 0 Å². The number of fused-ring (bicyclic) bond motifs is 5. The van der Waals surface area contributed by atoms with E-state index in [1.54, 1.807) is 0 Å². The fourth-order valence-electron chi connectivity index (χ4n) is 3.37. The number of hydrogen-bond acceptors (Lipinski definition) is 8. The zero-order chi connectivity index (χ0) is 10.7. The van der Waals surface area contributed by atoms with E-state index >= 15 is 0 Å². The predicted molar refractivity (Wildman–Crippen MR) is 46.1 cm³/mol. The van der Waals surface area contributed by atoms with Crippen LogP contribution in [0, 0.1) is 27.5 Å². The van der Waals surface area contributed by atoms with Crippen LogP contribution in [-0.4, -0.2) is 39.0 Å². The second kappa shape index (κ2) is 3.09. The van der Waals surface area contributed by atoms with Gasteiger partial charge in [0.1, 0.15) is 0 Å². The van der Waals surface area contributed by atoms with Crippen LogP contribution in [0.2, 0.25) is 0 Å². The van der Waals surface area contributed by atoms with Gasteiger partial charge in [-0.2, -0.15) is 0 Å². The second-order valence-corrected chi connectivity index (χ2v) is 4.33. The Morgan fingerprint density at radius 3 is 2.00 bits per heavy atom. The van der Waals surface area contributed by atoms with Crippen molar-refractivity contribution in [3.05, 3.63) is 15.6 Å². The van der Waals surface area contributed by atoms with Gasteiger partial charge in [-0.3, -0.25) is 5.23 Å². The fourth-order valence-corrected chi connectivity index (χ4v) is 3.37. The molecule has 3 rings (SSSR count). The van der Waals surface area contributed by atoms with Crippen LogP contribution in [0.5, 0.6) is 0 Å². The normalized spacial score (nSPS) is 50.6. The first kappa shape index (κ1) is 9.87. The Balaban J connectivity index is 1.92. The van der Waals surface area contributed by atoms with Crippen molar-refractivity contribution in [1.29, 1.82) is 0 Å². The Kier molecular flexibility index (Phi) is 2.03. The smallest absolute Gasteiger partial charge is 0.0453 e. The number of nitrogens with zero attached hydrogens (tertiary/aromatic N) is 3. The average Bonchev–Trinajstić information content (AvgIpc) is 2.77. The van der Waals surface area contributed by atoms with E-state index in [9.17, 15) is 15.6 Å². The predicted octanol–water partition coefficient (Wildman–Crippen LogP) is -0.219. The van der Waals surface area contributed by atoms with Gasteiger partial charge in [0.25, 0.3) is 0 Å². The SMILES string of the molecule is [O-]N(O)C1C2CCC1C1C2N([O-])ON1[O-]. The minimum Gasteiger partial charge on any atom is -0.762 e. The van der Waals surface area contributed by atoms with Crippen LogP contribution in [0.1, 0.15) is 12.8 Å². The largest absolute Gasteiger partial charge is 0.762 e. The molecule has 86 valence electrons. The number of hydrogen-bond donors (Lipinski definition) is 1. The van der Waals surface area contributed by atoms with Crippen molar-refractivity contribution >= 4 is 0 Å². The van der Waals surface area contributed by atoms with Gasteiger partial charge < -0.3 is 20.8 Å². The van der Waals surface area contributed by atoms with Gasteiger partial charge in [0, 0.05) is 18.1 Å². The summed E-state index contributed by atoms with van der Waals surface area (Å²) >= 11 is 0. The highest BCUT2D eigenvalue weighted by molar-refractivity contribution is 5.13. The first-order valence-electron chi connectivity index (χ1n) is 4.87. The monoisotopic (exact) mass is 216 g/mol. The molecule has 3 fully saturated rings. The summed E-state index contributed by atoms with van der Waals surface area (Å²) in [4.78, 5) is 4.39. The van der Waals surface area contributed by atoms with Crippen LogP contribution in [0.3, 0.4) is 0 Å².